The molecular weight excluding hydrogens is 347 g/mol. The summed E-state index contributed by atoms with van der Waals surface area (Å²) >= 11 is 0. The molecule has 1 aliphatic carbocycles. The number of benzene rings is 2. The fraction of sp³-hybridized carbons (Fsp3) is 0.286. The Morgan fingerprint density at radius 1 is 1.30 bits per heavy atom. The van der Waals surface area contributed by atoms with Crippen LogP contribution in [0.2, 0.25) is 0 Å². The molecule has 1 saturated carbocycles. The second kappa shape index (κ2) is 7.29. The highest BCUT2D eigenvalue weighted by Crippen LogP contribution is 2.32. The van der Waals surface area contributed by atoms with E-state index in [0.717, 1.165) is 18.5 Å². The lowest BCUT2D eigenvalue weighted by Gasteiger charge is -2.26. The van der Waals surface area contributed by atoms with E-state index in [4.69, 9.17) is 4.74 Å². The largest absolute Gasteiger partial charge is 0.489 e. The number of nitrogens with one attached hydrogen (secondary N) is 2. The maximum Gasteiger partial charge on any atom is 0.258 e. The van der Waals surface area contributed by atoms with Crippen molar-refractivity contribution in [3.63, 3.8) is 0 Å². The molecule has 2 aromatic carbocycles. The van der Waals surface area contributed by atoms with Crippen LogP contribution >= 0.6 is 0 Å². The van der Waals surface area contributed by atoms with Gasteiger partial charge in [-0.15, -0.1) is 0 Å². The van der Waals surface area contributed by atoms with Gasteiger partial charge in [-0.05, 0) is 43.2 Å². The molecule has 5 nitrogen and oxygen atoms in total. The van der Waals surface area contributed by atoms with Crippen molar-refractivity contribution in [2.75, 3.05) is 23.8 Å². The van der Waals surface area contributed by atoms with Gasteiger partial charge in [0, 0.05) is 23.2 Å². The Kier molecular flexibility index (Phi) is 4.69. The number of amides is 1. The minimum atomic E-state index is -0.600. The van der Waals surface area contributed by atoms with Gasteiger partial charge in [0.25, 0.3) is 5.91 Å². The summed E-state index contributed by atoms with van der Waals surface area (Å²) in [5.74, 6) is 5.89. The third kappa shape index (κ3) is 4.04. The van der Waals surface area contributed by atoms with E-state index >= 15 is 0 Å². The Labute approximate surface area is 156 Å². The zero-order valence-corrected chi connectivity index (χ0v) is 14.6. The van der Waals surface area contributed by atoms with Crippen LogP contribution in [-0.2, 0) is 0 Å². The maximum atomic E-state index is 14.3. The Hall–Kier alpha value is -3.04. The number of hydrogen-bond donors (Lipinski definition) is 3. The number of hydrogen-bond acceptors (Lipinski definition) is 4. The summed E-state index contributed by atoms with van der Waals surface area (Å²) in [7, 11) is 0. The summed E-state index contributed by atoms with van der Waals surface area (Å²) in [6.45, 7) is 0.303. The predicted molar refractivity (Wildman–Crippen MR) is 100 cm³/mol. The summed E-state index contributed by atoms with van der Waals surface area (Å²) in [5.41, 5.74) is 1.77. The summed E-state index contributed by atoms with van der Waals surface area (Å²) < 4.78 is 19.9. The third-order valence-corrected chi connectivity index (χ3v) is 4.47. The first-order valence-corrected chi connectivity index (χ1v) is 8.89. The second-order valence-electron chi connectivity index (χ2n) is 6.74. The van der Waals surface area contributed by atoms with Gasteiger partial charge in [-0.1, -0.05) is 11.8 Å². The monoisotopic (exact) mass is 366 g/mol. The average molecular weight is 366 g/mol. The molecule has 0 bridgehead atoms. The normalized spacial score (nSPS) is 17.6. The molecule has 1 amide bonds. The number of ether oxygens (including phenoxy) is 1. The van der Waals surface area contributed by atoms with E-state index in [-0.39, 0.29) is 18.2 Å². The van der Waals surface area contributed by atoms with Crippen molar-refractivity contribution in [3.8, 4) is 17.6 Å². The predicted octanol–water partition coefficient (Wildman–Crippen LogP) is 3.00. The molecule has 4 rings (SSSR count). The van der Waals surface area contributed by atoms with Crippen molar-refractivity contribution < 1.29 is 19.0 Å². The SMILES string of the molecule is O=C(Nc1ccc2c(c1)OC[C@@H](CO)N2)c1ccc(C#CC2CC2)cc1F. The number of aliphatic hydroxyl groups is 1. The van der Waals surface area contributed by atoms with Crippen molar-refractivity contribution in [2.45, 2.75) is 18.9 Å². The van der Waals surface area contributed by atoms with E-state index in [2.05, 4.69) is 22.5 Å². The Morgan fingerprint density at radius 3 is 2.89 bits per heavy atom. The van der Waals surface area contributed by atoms with E-state index in [1.165, 1.54) is 12.1 Å². The molecule has 1 fully saturated rings. The highest BCUT2D eigenvalue weighted by atomic mass is 19.1. The Morgan fingerprint density at radius 2 is 2.15 bits per heavy atom. The molecule has 138 valence electrons. The zero-order valence-electron chi connectivity index (χ0n) is 14.6. The molecule has 0 aromatic heterocycles. The molecule has 0 unspecified atom stereocenters. The van der Waals surface area contributed by atoms with Gasteiger partial charge in [-0.2, -0.15) is 0 Å². The van der Waals surface area contributed by atoms with Crippen molar-refractivity contribution in [1.82, 2.24) is 0 Å². The molecule has 27 heavy (non-hydrogen) atoms. The standard InChI is InChI=1S/C21H19FN2O3/c22-18-9-14(4-3-13-1-2-13)5-7-17(18)21(26)24-15-6-8-19-20(10-15)27-12-16(11-25)23-19/h5-10,13,16,23,25H,1-2,11-12H2,(H,24,26)/t16-/m1/s1. The van der Waals surface area contributed by atoms with Crippen LogP contribution in [0.25, 0.3) is 0 Å². The summed E-state index contributed by atoms with van der Waals surface area (Å²) in [6.07, 6.45) is 2.22. The molecule has 1 atom stereocenters. The van der Waals surface area contributed by atoms with Gasteiger partial charge in [-0.25, -0.2) is 4.39 Å². The Balaban J connectivity index is 1.47. The van der Waals surface area contributed by atoms with Crippen LogP contribution in [0.15, 0.2) is 36.4 Å². The molecular formula is C21H19FN2O3. The molecule has 6 heteroatoms. The number of carbonyl (C=O) groups is 1. The quantitative estimate of drug-likeness (QED) is 0.731. The van der Waals surface area contributed by atoms with Crippen LogP contribution in [0.4, 0.5) is 15.8 Å². The first-order valence-electron chi connectivity index (χ1n) is 8.89. The number of carbonyl (C=O) groups excluding carboxylic acids is 1. The minimum absolute atomic E-state index is 0.0295. The lowest BCUT2D eigenvalue weighted by molar-refractivity contribution is 0.102. The fourth-order valence-electron chi connectivity index (χ4n) is 2.78. The van der Waals surface area contributed by atoms with Crippen molar-refractivity contribution in [2.24, 2.45) is 5.92 Å². The van der Waals surface area contributed by atoms with Crippen LogP contribution in [0.5, 0.6) is 5.75 Å². The zero-order chi connectivity index (χ0) is 18.8. The lowest BCUT2D eigenvalue weighted by atomic mass is 10.1. The molecule has 1 heterocycles. The van der Waals surface area contributed by atoms with E-state index < -0.39 is 11.7 Å². The Bertz CT molecular complexity index is 944. The van der Waals surface area contributed by atoms with Crippen molar-refractivity contribution in [1.29, 1.82) is 0 Å². The van der Waals surface area contributed by atoms with Gasteiger partial charge >= 0.3 is 0 Å². The van der Waals surface area contributed by atoms with E-state index in [1.54, 1.807) is 24.3 Å². The van der Waals surface area contributed by atoms with E-state index in [9.17, 15) is 14.3 Å². The van der Waals surface area contributed by atoms with Gasteiger partial charge in [0.05, 0.1) is 23.9 Å². The molecule has 0 spiro atoms. The van der Waals surface area contributed by atoms with Crippen molar-refractivity contribution in [3.05, 3.63) is 53.3 Å². The first-order chi connectivity index (χ1) is 13.1. The minimum Gasteiger partial charge on any atom is -0.489 e. The third-order valence-electron chi connectivity index (χ3n) is 4.47. The average Bonchev–Trinajstić information content (AvgIpc) is 3.50. The molecule has 0 saturated heterocycles. The van der Waals surface area contributed by atoms with E-state index in [1.807, 2.05) is 0 Å². The second-order valence-corrected chi connectivity index (χ2v) is 6.74. The van der Waals surface area contributed by atoms with Gasteiger partial charge in [0.15, 0.2) is 0 Å². The van der Waals surface area contributed by atoms with Gasteiger partial charge < -0.3 is 20.5 Å². The van der Waals surface area contributed by atoms with Crippen LogP contribution < -0.4 is 15.4 Å². The van der Waals surface area contributed by atoms with Gasteiger partial charge in [0.1, 0.15) is 18.2 Å². The van der Waals surface area contributed by atoms with Crippen LogP contribution in [0.3, 0.4) is 0 Å². The molecule has 2 aromatic rings. The van der Waals surface area contributed by atoms with Crippen molar-refractivity contribution >= 4 is 17.3 Å². The highest BCUT2D eigenvalue weighted by Gasteiger charge is 2.20. The smallest absolute Gasteiger partial charge is 0.258 e. The maximum absolute atomic E-state index is 14.3. The highest BCUT2D eigenvalue weighted by molar-refractivity contribution is 6.04. The van der Waals surface area contributed by atoms with Gasteiger partial charge in [-0.3, -0.25) is 4.79 Å². The molecule has 0 radical (unpaired) electrons. The fourth-order valence-corrected chi connectivity index (χ4v) is 2.78. The topological polar surface area (TPSA) is 70.6 Å². The first kappa shape index (κ1) is 17.4. The number of halogens is 1. The van der Waals surface area contributed by atoms with Gasteiger partial charge in [0.2, 0.25) is 0 Å². The summed E-state index contributed by atoms with van der Waals surface area (Å²) in [4.78, 5) is 12.4. The summed E-state index contributed by atoms with van der Waals surface area (Å²) in [6, 6.07) is 9.35. The lowest BCUT2D eigenvalue weighted by Crippen LogP contribution is -2.34. The van der Waals surface area contributed by atoms with Crippen LogP contribution in [0.1, 0.15) is 28.8 Å². The molecule has 3 N–H and O–H groups in total. The number of rotatable bonds is 3. The summed E-state index contributed by atoms with van der Waals surface area (Å²) in [5, 5.41) is 15.0. The number of fused-ring (bicyclic) bond motifs is 1. The molecule has 2 aliphatic rings. The van der Waals surface area contributed by atoms with Crippen LogP contribution in [0, 0.1) is 23.6 Å². The number of aliphatic hydroxyl groups excluding tert-OH is 1. The van der Waals surface area contributed by atoms with Crippen LogP contribution in [-0.4, -0.2) is 30.3 Å². The number of anilines is 2. The van der Waals surface area contributed by atoms with E-state index in [0.29, 0.717) is 29.5 Å². The molecule has 1 aliphatic heterocycles.